The van der Waals surface area contributed by atoms with Crippen molar-refractivity contribution in [3.05, 3.63) is 76.9 Å². The third-order valence-electron chi connectivity index (χ3n) is 5.23. The summed E-state index contributed by atoms with van der Waals surface area (Å²) in [6.45, 7) is 2.89. The molecule has 0 aliphatic carbocycles. The first-order valence-electron chi connectivity index (χ1n) is 10.3. The van der Waals surface area contributed by atoms with Crippen molar-refractivity contribution in [3.8, 4) is 26.7 Å². The number of alkyl halides is 3. The quantitative estimate of drug-likeness (QED) is 0.311. The zero-order valence-electron chi connectivity index (χ0n) is 18.8. The highest BCUT2D eigenvalue weighted by atomic mass is 35.5. The van der Waals surface area contributed by atoms with Gasteiger partial charge in [0.2, 0.25) is 0 Å². The molecule has 11 heteroatoms. The molecular formula is C24H20ClF3N2O3S2. The normalized spacial score (nSPS) is 12.8. The number of sulfone groups is 1. The Balaban J connectivity index is 1.94. The van der Waals surface area contributed by atoms with E-state index in [2.05, 4.69) is 5.10 Å². The summed E-state index contributed by atoms with van der Waals surface area (Å²) in [6, 6.07) is 14.8. The van der Waals surface area contributed by atoms with Gasteiger partial charge in [0, 0.05) is 11.1 Å². The molecule has 0 bridgehead atoms. The summed E-state index contributed by atoms with van der Waals surface area (Å²) in [5, 5.41) is 14.9. The molecule has 0 amide bonds. The lowest BCUT2D eigenvalue weighted by Gasteiger charge is -2.15. The van der Waals surface area contributed by atoms with Crippen LogP contribution in [-0.4, -0.2) is 29.6 Å². The average Bonchev–Trinajstić information content (AvgIpc) is 3.37. The molecule has 4 aromatic rings. The fourth-order valence-corrected chi connectivity index (χ4v) is 5.79. The van der Waals surface area contributed by atoms with Crippen LogP contribution in [0.3, 0.4) is 0 Å². The van der Waals surface area contributed by atoms with Crippen LogP contribution in [0.4, 0.5) is 13.2 Å². The van der Waals surface area contributed by atoms with Crippen molar-refractivity contribution in [3.63, 3.8) is 0 Å². The molecule has 2 aromatic heterocycles. The Bertz CT molecular complexity index is 1520. The second-order valence-corrected chi connectivity index (χ2v) is 11.9. The first-order chi connectivity index (χ1) is 16.2. The van der Waals surface area contributed by atoms with Crippen LogP contribution in [0.15, 0.2) is 65.6 Å². The zero-order chi connectivity index (χ0) is 25.8. The van der Waals surface area contributed by atoms with Crippen LogP contribution < -0.4 is 0 Å². The fourth-order valence-electron chi connectivity index (χ4n) is 3.58. The third-order valence-corrected chi connectivity index (χ3v) is 7.84. The van der Waals surface area contributed by atoms with E-state index in [1.165, 1.54) is 55.5 Å². The largest absolute Gasteiger partial charge is 0.418 e. The van der Waals surface area contributed by atoms with Crippen LogP contribution in [-0.2, 0) is 21.6 Å². The van der Waals surface area contributed by atoms with Crippen molar-refractivity contribution in [2.75, 3.05) is 6.26 Å². The highest BCUT2D eigenvalue weighted by Gasteiger charge is 2.36. The Morgan fingerprint density at radius 2 is 1.66 bits per heavy atom. The highest BCUT2D eigenvalue weighted by Crippen LogP contribution is 2.44. The van der Waals surface area contributed by atoms with Crippen LogP contribution in [0.1, 0.15) is 25.1 Å². The van der Waals surface area contributed by atoms with E-state index in [0.29, 0.717) is 15.3 Å². The van der Waals surface area contributed by atoms with Gasteiger partial charge in [0.25, 0.3) is 0 Å². The van der Waals surface area contributed by atoms with E-state index in [1.807, 2.05) is 0 Å². The highest BCUT2D eigenvalue weighted by molar-refractivity contribution is 7.90. The Hall–Kier alpha value is -2.66. The number of hydrogen-bond donors (Lipinski definition) is 1. The molecule has 0 saturated heterocycles. The van der Waals surface area contributed by atoms with Crippen LogP contribution >= 0.6 is 22.9 Å². The summed E-state index contributed by atoms with van der Waals surface area (Å²) in [7, 11) is -3.42. The zero-order valence-corrected chi connectivity index (χ0v) is 21.1. The van der Waals surface area contributed by atoms with Gasteiger partial charge < -0.3 is 5.11 Å². The van der Waals surface area contributed by atoms with Gasteiger partial charge in [-0.1, -0.05) is 35.9 Å². The Morgan fingerprint density at radius 3 is 2.29 bits per heavy atom. The van der Waals surface area contributed by atoms with Gasteiger partial charge in [-0.25, -0.2) is 13.1 Å². The van der Waals surface area contributed by atoms with Gasteiger partial charge in [-0.05, 0) is 55.8 Å². The number of rotatable bonds is 5. The fraction of sp³-hybridized carbons (Fsp3) is 0.208. The molecule has 0 spiro atoms. The first kappa shape index (κ1) is 25.4. The lowest BCUT2D eigenvalue weighted by molar-refractivity contribution is -0.137. The van der Waals surface area contributed by atoms with Crippen LogP contribution in [0.2, 0.25) is 5.02 Å². The summed E-state index contributed by atoms with van der Waals surface area (Å²) in [4.78, 5) is 1.33. The van der Waals surface area contributed by atoms with Crippen molar-refractivity contribution in [1.82, 2.24) is 9.78 Å². The summed E-state index contributed by atoms with van der Waals surface area (Å²) < 4.78 is 66.4. The van der Waals surface area contributed by atoms with E-state index in [0.717, 1.165) is 17.0 Å². The molecule has 5 nitrogen and oxygen atoms in total. The van der Waals surface area contributed by atoms with Gasteiger partial charge in [0.15, 0.2) is 9.84 Å². The van der Waals surface area contributed by atoms with Gasteiger partial charge in [-0.15, -0.1) is 11.3 Å². The summed E-state index contributed by atoms with van der Waals surface area (Å²) in [5.74, 6) is 0. The SMILES string of the molecule is CC(C)(O)c1nn(-c2ccccc2C(F)(F)F)c(-c2ccc(-c3cccc(S(C)(=O)=O)c3)s2)c1Cl. The lowest BCUT2D eigenvalue weighted by Crippen LogP contribution is -2.18. The summed E-state index contributed by atoms with van der Waals surface area (Å²) in [6.07, 6.45) is -3.53. The molecule has 2 aromatic carbocycles. The molecule has 4 rings (SSSR count). The van der Waals surface area contributed by atoms with Crippen LogP contribution in [0.5, 0.6) is 0 Å². The smallest absolute Gasteiger partial charge is 0.384 e. The number of aromatic nitrogens is 2. The second kappa shape index (κ2) is 8.77. The van der Waals surface area contributed by atoms with E-state index >= 15 is 0 Å². The number of halogens is 4. The number of aliphatic hydroxyl groups is 1. The van der Waals surface area contributed by atoms with Gasteiger partial charge in [0.05, 0.1) is 26.0 Å². The Labute approximate surface area is 209 Å². The van der Waals surface area contributed by atoms with Crippen molar-refractivity contribution < 1.29 is 26.7 Å². The summed E-state index contributed by atoms with van der Waals surface area (Å²) >= 11 is 7.82. The van der Waals surface area contributed by atoms with Gasteiger partial charge >= 0.3 is 6.18 Å². The molecule has 0 radical (unpaired) electrons. The van der Waals surface area contributed by atoms with Crippen LogP contribution in [0.25, 0.3) is 26.7 Å². The predicted octanol–water partition coefficient (Wildman–Crippen LogP) is 6.57. The molecule has 2 heterocycles. The maximum atomic E-state index is 13.8. The molecule has 0 saturated carbocycles. The lowest BCUT2D eigenvalue weighted by atomic mass is 10.1. The molecule has 0 fully saturated rings. The van der Waals surface area contributed by atoms with E-state index in [-0.39, 0.29) is 27.0 Å². The monoisotopic (exact) mass is 540 g/mol. The molecular weight excluding hydrogens is 521 g/mol. The van der Waals surface area contributed by atoms with E-state index < -0.39 is 27.2 Å². The maximum absolute atomic E-state index is 13.8. The van der Waals surface area contributed by atoms with Crippen molar-refractivity contribution in [2.45, 2.75) is 30.5 Å². The number of benzene rings is 2. The summed E-state index contributed by atoms with van der Waals surface area (Å²) in [5.41, 5.74) is -1.81. The number of thiophene rings is 1. The Morgan fingerprint density at radius 1 is 1.00 bits per heavy atom. The van der Waals surface area contributed by atoms with Crippen LogP contribution in [0, 0.1) is 0 Å². The minimum Gasteiger partial charge on any atom is -0.384 e. The number of hydrogen-bond acceptors (Lipinski definition) is 5. The molecule has 0 unspecified atom stereocenters. The molecule has 0 atom stereocenters. The second-order valence-electron chi connectivity index (χ2n) is 8.46. The van der Waals surface area contributed by atoms with Gasteiger partial charge in [-0.3, -0.25) is 0 Å². The maximum Gasteiger partial charge on any atom is 0.418 e. The topological polar surface area (TPSA) is 72.2 Å². The Kier molecular flexibility index (Phi) is 6.38. The number of nitrogens with zero attached hydrogens (tertiary/aromatic N) is 2. The minimum absolute atomic E-state index is 0.0211. The number of para-hydroxylation sites is 1. The van der Waals surface area contributed by atoms with Gasteiger partial charge in [-0.2, -0.15) is 18.3 Å². The van der Waals surface area contributed by atoms with E-state index in [4.69, 9.17) is 11.6 Å². The van der Waals surface area contributed by atoms with E-state index in [1.54, 1.807) is 24.3 Å². The van der Waals surface area contributed by atoms with Crippen molar-refractivity contribution in [1.29, 1.82) is 0 Å². The van der Waals surface area contributed by atoms with E-state index in [9.17, 15) is 26.7 Å². The molecule has 35 heavy (non-hydrogen) atoms. The van der Waals surface area contributed by atoms with Crippen molar-refractivity contribution >= 4 is 32.8 Å². The van der Waals surface area contributed by atoms with Crippen molar-refractivity contribution in [2.24, 2.45) is 0 Å². The first-order valence-corrected chi connectivity index (χ1v) is 13.3. The third kappa shape index (κ3) is 5.02. The van der Waals surface area contributed by atoms with Gasteiger partial charge in [0.1, 0.15) is 17.0 Å². The average molecular weight is 541 g/mol. The molecule has 184 valence electrons. The molecule has 0 aliphatic heterocycles. The predicted molar refractivity (Wildman–Crippen MR) is 131 cm³/mol. The standard InChI is InChI=1S/C24H20ClF3N2O3S2/c1-23(2,31)22-20(25)21(30(29-22)17-10-5-4-9-16(17)24(26,27)28)19-12-11-18(34-19)14-7-6-8-15(13-14)35(3,32)33/h4-13,31H,1-3H3. The molecule has 0 aliphatic rings. The minimum atomic E-state index is -4.64. The molecule has 1 N–H and O–H groups in total.